The number of hydrogen-bond acceptors (Lipinski definition) is 15. The van der Waals surface area contributed by atoms with Crippen LogP contribution in [-0.2, 0) is 37.4 Å². The minimum atomic E-state index is -4.55. The fourth-order valence-electron chi connectivity index (χ4n) is 4.51. The largest absolute Gasteiger partial charge is 0.479 e. The highest BCUT2D eigenvalue weighted by molar-refractivity contribution is 7.51. The molecule has 6 atom stereocenters. The maximum Gasteiger partial charge on any atom is 0.407 e. The average Bonchev–Trinajstić information content (AvgIpc) is 3.51. The fourth-order valence-corrected chi connectivity index (χ4v) is 5.93. The molecular weight excluding hydrogens is 603 g/mol. The van der Waals surface area contributed by atoms with Crippen molar-refractivity contribution in [3.8, 4) is 5.88 Å². The van der Waals surface area contributed by atoms with E-state index in [1.54, 1.807) is 44.2 Å². The van der Waals surface area contributed by atoms with Gasteiger partial charge in [0.25, 0.3) is 0 Å². The molecule has 4 rings (SSSR count). The number of rotatable bonds is 14. The lowest BCUT2D eigenvalue weighted by Crippen LogP contribution is -2.44. The lowest BCUT2D eigenvalue weighted by molar-refractivity contribution is -0.145. The minimum Gasteiger partial charge on any atom is -0.479 e. The van der Waals surface area contributed by atoms with Crippen molar-refractivity contribution in [1.82, 2.24) is 24.6 Å². The minimum absolute atomic E-state index is 0.0304. The maximum absolute atomic E-state index is 14.0. The molecule has 0 spiro atoms. The van der Waals surface area contributed by atoms with Crippen molar-refractivity contribution in [2.45, 2.75) is 50.8 Å². The number of imidazole rings is 1. The molecule has 0 radical (unpaired) electrons. The van der Waals surface area contributed by atoms with Gasteiger partial charge >= 0.3 is 19.7 Å². The molecule has 17 nitrogen and oxygen atoms in total. The highest BCUT2D eigenvalue weighted by Crippen LogP contribution is 2.48. The SMILES string of the molecule is CCOC(=O)COP(=O)(NC(C(=O)OCC)c1ccccc1)OC[C@H]1OC(n2cnc3c(OC)nc(N)nc32)[C@](C)(O)[C@@H]1O. The quantitative estimate of drug-likeness (QED) is 0.143. The van der Waals surface area contributed by atoms with Gasteiger partial charge in [0.2, 0.25) is 11.8 Å². The predicted molar refractivity (Wildman–Crippen MR) is 152 cm³/mol. The predicted octanol–water partition coefficient (Wildman–Crippen LogP) is 1.02. The van der Waals surface area contributed by atoms with Crippen LogP contribution in [0.4, 0.5) is 5.95 Å². The van der Waals surface area contributed by atoms with Crippen molar-refractivity contribution in [3.05, 3.63) is 42.2 Å². The lowest BCUT2D eigenvalue weighted by Gasteiger charge is -2.27. The van der Waals surface area contributed by atoms with Crippen LogP contribution >= 0.6 is 7.75 Å². The molecule has 0 saturated carbocycles. The first-order valence-corrected chi connectivity index (χ1v) is 15.1. The molecule has 1 aliphatic rings. The average molecular weight is 639 g/mol. The zero-order chi connectivity index (χ0) is 32.1. The van der Waals surface area contributed by atoms with Gasteiger partial charge in [-0.3, -0.25) is 13.6 Å². The number of anilines is 1. The van der Waals surface area contributed by atoms with Crippen molar-refractivity contribution in [1.29, 1.82) is 0 Å². The number of nitrogens with two attached hydrogens (primary N) is 1. The summed E-state index contributed by atoms with van der Waals surface area (Å²) in [5, 5.41) is 24.9. The number of carbonyl (C=O) groups is 2. The van der Waals surface area contributed by atoms with Crippen LogP contribution in [0, 0.1) is 0 Å². The van der Waals surface area contributed by atoms with E-state index in [1.807, 2.05) is 0 Å². The van der Waals surface area contributed by atoms with Crippen LogP contribution in [0.2, 0.25) is 0 Å². The van der Waals surface area contributed by atoms with Gasteiger partial charge < -0.3 is 34.9 Å². The molecule has 0 bridgehead atoms. The highest BCUT2D eigenvalue weighted by Gasteiger charge is 2.54. The summed E-state index contributed by atoms with van der Waals surface area (Å²) in [5.74, 6) is -1.67. The summed E-state index contributed by atoms with van der Waals surface area (Å²) < 4.78 is 47.5. The Kier molecular flexibility index (Phi) is 10.5. The van der Waals surface area contributed by atoms with Gasteiger partial charge in [-0.2, -0.15) is 9.97 Å². The van der Waals surface area contributed by atoms with Gasteiger partial charge in [-0.15, -0.1) is 0 Å². The Morgan fingerprint density at radius 2 is 1.89 bits per heavy atom. The second-order valence-corrected chi connectivity index (χ2v) is 11.5. The van der Waals surface area contributed by atoms with Crippen molar-refractivity contribution in [3.63, 3.8) is 0 Å². The van der Waals surface area contributed by atoms with Gasteiger partial charge in [0.05, 0.1) is 33.3 Å². The van der Waals surface area contributed by atoms with Gasteiger partial charge in [0.1, 0.15) is 23.9 Å². The molecule has 240 valence electrons. The van der Waals surface area contributed by atoms with E-state index >= 15 is 0 Å². The lowest BCUT2D eigenvalue weighted by atomic mass is 9.96. The highest BCUT2D eigenvalue weighted by atomic mass is 31.2. The Labute approximate surface area is 252 Å². The number of aliphatic hydroxyl groups is 2. The zero-order valence-corrected chi connectivity index (χ0v) is 25.4. The van der Waals surface area contributed by atoms with Crippen LogP contribution < -0.4 is 15.6 Å². The number of aliphatic hydroxyl groups excluding tert-OH is 1. The van der Waals surface area contributed by atoms with E-state index in [0.29, 0.717) is 5.56 Å². The first-order valence-electron chi connectivity index (χ1n) is 13.6. The van der Waals surface area contributed by atoms with E-state index < -0.39 is 63.0 Å². The summed E-state index contributed by atoms with van der Waals surface area (Å²) in [6.07, 6.45) is -2.87. The number of methoxy groups -OCH3 is 1. The summed E-state index contributed by atoms with van der Waals surface area (Å²) in [4.78, 5) is 37.3. The zero-order valence-electron chi connectivity index (χ0n) is 24.5. The Bertz CT molecular complexity index is 1500. The van der Waals surface area contributed by atoms with Gasteiger partial charge in [-0.05, 0) is 26.3 Å². The van der Waals surface area contributed by atoms with Crippen molar-refractivity contribution < 1.29 is 52.4 Å². The molecule has 3 heterocycles. The molecule has 18 heteroatoms. The number of hydrogen-bond donors (Lipinski definition) is 4. The summed E-state index contributed by atoms with van der Waals surface area (Å²) in [6.45, 7) is 3.16. The molecule has 1 aliphatic heterocycles. The fraction of sp³-hybridized carbons (Fsp3) is 0.500. The third-order valence-electron chi connectivity index (χ3n) is 6.62. The number of carbonyl (C=O) groups excluding carboxylic acids is 2. The Morgan fingerprint density at radius 3 is 2.55 bits per heavy atom. The molecule has 1 aromatic carbocycles. The van der Waals surface area contributed by atoms with Gasteiger partial charge in [-0.25, -0.2) is 24.2 Å². The van der Waals surface area contributed by atoms with E-state index in [9.17, 15) is 24.4 Å². The Hall–Kier alpha value is -3.70. The summed E-state index contributed by atoms with van der Waals surface area (Å²) in [6, 6.07) is 6.90. The summed E-state index contributed by atoms with van der Waals surface area (Å²) in [5.41, 5.74) is 4.60. The second-order valence-electron chi connectivity index (χ2n) is 9.71. The standard InChI is InChI=1S/C26H35N6O11P/c1-5-39-17(33)13-42-44(37,31-18(23(35)40-6-2)15-10-8-7-9-11-15)41-12-16-20(34)26(3,36)24(43-16)32-14-28-19-21(32)29-25(27)30-22(19)38-4/h7-11,14,16,18,20,24,34,36H,5-6,12-13H2,1-4H3,(H,31,37)(H2,27,29,30)/t16-,18?,20-,24?,26-,44?/m1/s1. The van der Waals surface area contributed by atoms with Crippen molar-refractivity contribution in [2.24, 2.45) is 0 Å². The first kappa shape index (κ1) is 33.2. The molecule has 0 amide bonds. The summed E-state index contributed by atoms with van der Waals surface area (Å²) in [7, 11) is -3.18. The van der Waals surface area contributed by atoms with Crippen LogP contribution in [-0.4, -0.2) is 93.0 Å². The second kappa shape index (κ2) is 13.9. The number of ether oxygens (including phenoxy) is 4. The smallest absolute Gasteiger partial charge is 0.407 e. The number of aromatic nitrogens is 4. The van der Waals surface area contributed by atoms with Crippen LogP contribution in [0.15, 0.2) is 36.7 Å². The molecule has 5 N–H and O–H groups in total. The number of benzene rings is 1. The third-order valence-corrected chi connectivity index (χ3v) is 8.15. The molecular formula is C26H35N6O11P. The van der Waals surface area contributed by atoms with E-state index in [-0.39, 0.29) is 36.2 Å². The van der Waals surface area contributed by atoms with Gasteiger partial charge in [-0.1, -0.05) is 30.3 Å². The Balaban J connectivity index is 1.59. The first-order chi connectivity index (χ1) is 20.9. The van der Waals surface area contributed by atoms with E-state index in [2.05, 4.69) is 20.0 Å². The van der Waals surface area contributed by atoms with Gasteiger partial charge in [0, 0.05) is 0 Å². The van der Waals surface area contributed by atoms with E-state index in [0.717, 1.165) is 0 Å². The van der Waals surface area contributed by atoms with Crippen LogP contribution in [0.25, 0.3) is 11.2 Å². The molecule has 0 aliphatic carbocycles. The van der Waals surface area contributed by atoms with Crippen LogP contribution in [0.1, 0.15) is 38.6 Å². The van der Waals surface area contributed by atoms with E-state index in [4.69, 9.17) is 33.7 Å². The van der Waals surface area contributed by atoms with Crippen LogP contribution in [0.5, 0.6) is 5.88 Å². The number of esters is 2. The number of fused-ring (bicyclic) bond motifs is 1. The van der Waals surface area contributed by atoms with Crippen molar-refractivity contribution >= 4 is 36.8 Å². The molecule has 1 saturated heterocycles. The summed E-state index contributed by atoms with van der Waals surface area (Å²) >= 11 is 0. The third kappa shape index (κ3) is 7.15. The topological polar surface area (TPSA) is 229 Å². The maximum atomic E-state index is 14.0. The van der Waals surface area contributed by atoms with Crippen LogP contribution in [0.3, 0.4) is 0 Å². The van der Waals surface area contributed by atoms with Crippen molar-refractivity contribution in [2.75, 3.05) is 39.3 Å². The molecule has 3 aromatic rings. The molecule has 2 aromatic heterocycles. The van der Waals surface area contributed by atoms with Gasteiger partial charge in [0.15, 0.2) is 24.0 Å². The monoisotopic (exact) mass is 638 g/mol. The normalized spacial score (nSPS) is 23.6. The molecule has 44 heavy (non-hydrogen) atoms. The molecule has 1 fully saturated rings. The number of nitrogens with zero attached hydrogens (tertiary/aromatic N) is 4. The van der Waals surface area contributed by atoms with E-state index in [1.165, 1.54) is 24.9 Å². The number of nitrogen functional groups attached to an aromatic ring is 1. The molecule has 3 unspecified atom stereocenters. The Morgan fingerprint density at radius 1 is 1.18 bits per heavy atom. The number of nitrogens with one attached hydrogen (secondary N) is 1.